The van der Waals surface area contributed by atoms with E-state index in [9.17, 15) is 17.6 Å². The number of benzene rings is 2. The van der Waals surface area contributed by atoms with E-state index in [1.54, 1.807) is 12.1 Å². The molecule has 1 amide bonds. The number of hydrogen-bond donors (Lipinski definition) is 1. The molecule has 25 heavy (non-hydrogen) atoms. The normalized spacial score (nSPS) is 11.4. The zero-order chi connectivity index (χ0) is 18.4. The fraction of sp³-hybridized carbons (Fsp3) is 0.278. The van der Waals surface area contributed by atoms with E-state index in [1.807, 2.05) is 13.8 Å². The summed E-state index contributed by atoms with van der Waals surface area (Å²) in [5.74, 6) is -0.723. The quantitative estimate of drug-likeness (QED) is 0.816. The second kappa shape index (κ2) is 8.11. The van der Waals surface area contributed by atoms with Gasteiger partial charge >= 0.3 is 0 Å². The molecule has 0 spiro atoms. The Morgan fingerprint density at radius 3 is 2.44 bits per heavy atom. The first-order valence-corrected chi connectivity index (χ1v) is 9.46. The Bertz CT molecular complexity index is 832. The summed E-state index contributed by atoms with van der Waals surface area (Å²) in [6, 6.07) is 11.5. The number of carbonyl (C=O) groups excluding carboxylic acids is 1. The van der Waals surface area contributed by atoms with Crippen LogP contribution in [0.4, 0.5) is 10.1 Å². The summed E-state index contributed by atoms with van der Waals surface area (Å²) < 4.78 is 43.1. The van der Waals surface area contributed by atoms with Crippen molar-refractivity contribution in [1.82, 2.24) is 0 Å². The van der Waals surface area contributed by atoms with Crippen LogP contribution in [0, 0.1) is 5.82 Å². The summed E-state index contributed by atoms with van der Waals surface area (Å²) in [6.45, 7) is 3.75. The molecule has 7 heteroatoms. The van der Waals surface area contributed by atoms with Crippen LogP contribution in [0.2, 0.25) is 0 Å². The van der Waals surface area contributed by atoms with Crippen molar-refractivity contribution in [3.8, 4) is 5.75 Å². The molecule has 0 atom stereocenters. The van der Waals surface area contributed by atoms with Gasteiger partial charge < -0.3 is 10.1 Å². The van der Waals surface area contributed by atoms with Gasteiger partial charge in [-0.25, -0.2) is 12.8 Å². The maximum Gasteiger partial charge on any atom is 0.225 e. The van der Waals surface area contributed by atoms with Crippen molar-refractivity contribution >= 4 is 21.4 Å². The predicted octanol–water partition coefficient (Wildman–Crippen LogP) is 3.42. The lowest BCUT2D eigenvalue weighted by atomic mass is 10.3. The van der Waals surface area contributed by atoms with Crippen molar-refractivity contribution < 1.29 is 22.3 Å². The summed E-state index contributed by atoms with van der Waals surface area (Å²) in [4.78, 5) is 12.0. The lowest BCUT2D eigenvalue weighted by Crippen LogP contribution is -2.17. The molecule has 5 nitrogen and oxygen atoms in total. The molecular formula is C18H20FNO4S. The number of hydrogen-bond acceptors (Lipinski definition) is 4. The summed E-state index contributed by atoms with van der Waals surface area (Å²) in [7, 11) is -3.59. The molecule has 0 unspecified atom stereocenters. The minimum absolute atomic E-state index is 0.00558. The van der Waals surface area contributed by atoms with E-state index in [2.05, 4.69) is 5.32 Å². The number of amides is 1. The van der Waals surface area contributed by atoms with E-state index in [1.165, 1.54) is 36.4 Å². The van der Waals surface area contributed by atoms with E-state index < -0.39 is 21.6 Å². The van der Waals surface area contributed by atoms with Gasteiger partial charge in [0, 0.05) is 12.1 Å². The van der Waals surface area contributed by atoms with E-state index in [0.717, 1.165) is 0 Å². The van der Waals surface area contributed by atoms with Gasteiger partial charge in [-0.1, -0.05) is 6.07 Å². The number of sulfone groups is 1. The number of anilines is 1. The molecule has 2 aromatic rings. The number of nitrogens with one attached hydrogen (secondary N) is 1. The van der Waals surface area contributed by atoms with Gasteiger partial charge in [0.15, 0.2) is 9.84 Å². The third-order valence-electron chi connectivity index (χ3n) is 3.26. The van der Waals surface area contributed by atoms with Gasteiger partial charge in [0.05, 0.1) is 16.8 Å². The van der Waals surface area contributed by atoms with Gasteiger partial charge in [-0.05, 0) is 56.3 Å². The zero-order valence-corrected chi connectivity index (χ0v) is 14.8. The topological polar surface area (TPSA) is 72.5 Å². The molecule has 0 aliphatic carbocycles. The molecule has 2 aromatic carbocycles. The Morgan fingerprint density at radius 2 is 1.84 bits per heavy atom. The van der Waals surface area contributed by atoms with Gasteiger partial charge in [-0.15, -0.1) is 0 Å². The Kier molecular flexibility index (Phi) is 6.14. The third-order valence-corrected chi connectivity index (χ3v) is 4.99. The highest BCUT2D eigenvalue weighted by atomic mass is 32.2. The maximum atomic E-state index is 13.1. The zero-order valence-electron chi connectivity index (χ0n) is 14.0. The number of rotatable bonds is 7. The van der Waals surface area contributed by atoms with Gasteiger partial charge in [-0.3, -0.25) is 4.79 Å². The molecule has 0 saturated carbocycles. The maximum absolute atomic E-state index is 13.1. The third kappa shape index (κ3) is 5.86. The minimum atomic E-state index is -3.59. The van der Waals surface area contributed by atoms with Gasteiger partial charge in [-0.2, -0.15) is 0 Å². The standard InChI is InChI=1S/C18H20FNO4S/c1-13(2)24-16-6-8-17(9-7-16)25(22,23)11-10-18(21)20-15-5-3-4-14(19)12-15/h3-9,12-13H,10-11H2,1-2H3,(H,20,21). The lowest BCUT2D eigenvalue weighted by Gasteiger charge is -2.10. The Labute approximate surface area is 146 Å². The molecule has 0 fully saturated rings. The first-order valence-electron chi connectivity index (χ1n) is 7.81. The molecule has 0 aromatic heterocycles. The SMILES string of the molecule is CC(C)Oc1ccc(S(=O)(=O)CCC(=O)Nc2cccc(F)c2)cc1. The van der Waals surface area contributed by atoms with Crippen LogP contribution in [0.3, 0.4) is 0 Å². The largest absolute Gasteiger partial charge is 0.491 e. The predicted molar refractivity (Wildman–Crippen MR) is 93.9 cm³/mol. The summed E-state index contributed by atoms with van der Waals surface area (Å²) >= 11 is 0. The van der Waals surface area contributed by atoms with Crippen LogP contribution in [0.15, 0.2) is 53.4 Å². The summed E-state index contributed by atoms with van der Waals surface area (Å²) in [5, 5.41) is 2.47. The summed E-state index contributed by atoms with van der Waals surface area (Å²) in [6.07, 6.45) is -0.225. The van der Waals surface area contributed by atoms with Crippen molar-refractivity contribution in [2.45, 2.75) is 31.3 Å². The van der Waals surface area contributed by atoms with Gasteiger partial charge in [0.2, 0.25) is 5.91 Å². The Hall–Kier alpha value is -2.41. The monoisotopic (exact) mass is 365 g/mol. The lowest BCUT2D eigenvalue weighted by molar-refractivity contribution is -0.115. The fourth-order valence-corrected chi connectivity index (χ4v) is 3.37. The van der Waals surface area contributed by atoms with E-state index in [0.29, 0.717) is 5.75 Å². The van der Waals surface area contributed by atoms with Crippen LogP contribution in [0.5, 0.6) is 5.75 Å². The molecule has 0 bridgehead atoms. The van der Waals surface area contributed by atoms with Crippen molar-refractivity contribution in [3.63, 3.8) is 0 Å². The first-order chi connectivity index (χ1) is 11.8. The van der Waals surface area contributed by atoms with Crippen molar-refractivity contribution in [2.24, 2.45) is 0 Å². The molecular weight excluding hydrogens is 345 g/mol. The Balaban J connectivity index is 1.95. The van der Waals surface area contributed by atoms with Crippen LogP contribution in [-0.2, 0) is 14.6 Å². The van der Waals surface area contributed by atoms with Crippen molar-refractivity contribution in [1.29, 1.82) is 0 Å². The van der Waals surface area contributed by atoms with Gasteiger partial charge in [0.1, 0.15) is 11.6 Å². The highest BCUT2D eigenvalue weighted by Crippen LogP contribution is 2.19. The fourth-order valence-electron chi connectivity index (χ4n) is 2.13. The molecule has 0 aliphatic heterocycles. The first kappa shape index (κ1) is 18.9. The number of carbonyl (C=O) groups is 1. The van der Waals surface area contributed by atoms with Crippen molar-refractivity contribution in [2.75, 3.05) is 11.1 Å². The number of ether oxygens (including phenoxy) is 1. The van der Waals surface area contributed by atoms with Crippen LogP contribution in [0.25, 0.3) is 0 Å². The van der Waals surface area contributed by atoms with Gasteiger partial charge in [0.25, 0.3) is 0 Å². The average Bonchev–Trinajstić information content (AvgIpc) is 2.53. The van der Waals surface area contributed by atoms with Crippen molar-refractivity contribution in [3.05, 3.63) is 54.3 Å². The second-order valence-electron chi connectivity index (χ2n) is 5.77. The smallest absolute Gasteiger partial charge is 0.225 e. The molecule has 0 saturated heterocycles. The Morgan fingerprint density at radius 1 is 1.16 bits per heavy atom. The van der Waals surface area contributed by atoms with Crippen LogP contribution in [0.1, 0.15) is 20.3 Å². The molecule has 1 N–H and O–H groups in total. The average molecular weight is 365 g/mol. The molecule has 0 heterocycles. The summed E-state index contributed by atoms with van der Waals surface area (Å²) in [5.41, 5.74) is 0.289. The molecule has 2 rings (SSSR count). The van der Waals surface area contributed by atoms with Crippen LogP contribution in [-0.4, -0.2) is 26.2 Å². The molecule has 0 radical (unpaired) electrons. The highest BCUT2D eigenvalue weighted by Gasteiger charge is 2.17. The number of halogens is 1. The molecule has 0 aliphatic rings. The molecule has 134 valence electrons. The highest BCUT2D eigenvalue weighted by molar-refractivity contribution is 7.91. The van der Waals surface area contributed by atoms with E-state index >= 15 is 0 Å². The van der Waals surface area contributed by atoms with Crippen LogP contribution < -0.4 is 10.1 Å². The minimum Gasteiger partial charge on any atom is -0.491 e. The van der Waals surface area contributed by atoms with E-state index in [4.69, 9.17) is 4.74 Å². The van der Waals surface area contributed by atoms with Crippen LogP contribution >= 0.6 is 0 Å². The van der Waals surface area contributed by atoms with E-state index in [-0.39, 0.29) is 28.9 Å². The second-order valence-corrected chi connectivity index (χ2v) is 7.87.